The maximum absolute atomic E-state index is 13.8. The number of hydrogen-bond donors (Lipinski definition) is 4. The molecule has 1 atom stereocenters. The number of halogens is 5. The largest absolute Gasteiger partial charge is 0.479 e. The Labute approximate surface area is 227 Å². The predicted octanol–water partition coefficient (Wildman–Crippen LogP) is 3.12. The molecule has 0 aliphatic rings. The molecule has 0 heterocycles. The Bertz CT molecular complexity index is 1160. The van der Waals surface area contributed by atoms with Gasteiger partial charge in [0.15, 0.2) is 23.2 Å². The minimum absolute atomic E-state index is 0.00925. The van der Waals surface area contributed by atoms with E-state index in [1.54, 1.807) is 0 Å². The fourth-order valence-corrected chi connectivity index (χ4v) is 2.96. The van der Waals surface area contributed by atoms with E-state index in [0.29, 0.717) is 12.8 Å². The summed E-state index contributed by atoms with van der Waals surface area (Å²) in [5.74, 6) is -13.7. The van der Waals surface area contributed by atoms with Crippen LogP contribution in [0.4, 0.5) is 27.6 Å². The van der Waals surface area contributed by atoms with Crippen LogP contribution in [0.3, 0.4) is 0 Å². The number of Topliss-reactive ketones (excluding diaryl/α,β-unsaturated/α-hetero) is 1. The lowest BCUT2D eigenvalue weighted by Crippen LogP contribution is -2.48. The second kappa shape index (κ2) is 17.5. The lowest BCUT2D eigenvalue weighted by Gasteiger charge is -2.18. The zero-order valence-corrected chi connectivity index (χ0v) is 21.9. The predicted molar refractivity (Wildman–Crippen MR) is 136 cm³/mol. The van der Waals surface area contributed by atoms with E-state index in [9.17, 15) is 41.1 Å². The van der Waals surface area contributed by atoms with E-state index in [1.807, 2.05) is 10.6 Å². The lowest BCUT2D eigenvalue weighted by molar-refractivity contribution is -0.137. The average molecular weight is 575 g/mol. The van der Waals surface area contributed by atoms with Crippen LogP contribution in [-0.2, 0) is 19.2 Å². The van der Waals surface area contributed by atoms with Crippen molar-refractivity contribution >= 4 is 29.2 Å². The highest BCUT2D eigenvalue weighted by atomic mass is 19.2. The Morgan fingerprint density at radius 2 is 1.50 bits per heavy atom. The van der Waals surface area contributed by atoms with Gasteiger partial charge in [0.1, 0.15) is 12.4 Å². The Morgan fingerprint density at radius 3 is 2.08 bits per heavy atom. The van der Waals surface area contributed by atoms with Crippen molar-refractivity contribution < 1.29 is 45.9 Å². The van der Waals surface area contributed by atoms with Crippen LogP contribution in [0.5, 0.6) is 5.75 Å². The number of ketones is 1. The monoisotopic (exact) mass is 574 g/mol. The van der Waals surface area contributed by atoms with Crippen molar-refractivity contribution in [3.05, 3.63) is 59.4 Å². The van der Waals surface area contributed by atoms with Crippen molar-refractivity contribution in [2.24, 2.45) is 5.73 Å². The number of ether oxygens (including phenoxy) is 1. The van der Waals surface area contributed by atoms with Crippen LogP contribution >= 0.6 is 0 Å². The summed E-state index contributed by atoms with van der Waals surface area (Å²) in [6, 6.07) is 3.74. The van der Waals surface area contributed by atoms with Gasteiger partial charge < -0.3 is 26.4 Å². The SMILES string of the molecule is CCC.NCCCCC(NC(=O)CNC(=O)C(=O)Nc1ccccc1F)C(=O)COc1c(F)c(F)cc(F)c1F. The van der Waals surface area contributed by atoms with Crippen molar-refractivity contribution in [3.63, 3.8) is 0 Å². The number of unbranched alkanes of at least 4 members (excludes halogenated alkanes) is 1. The van der Waals surface area contributed by atoms with E-state index in [4.69, 9.17) is 5.73 Å². The molecule has 0 bridgehead atoms. The smallest absolute Gasteiger partial charge is 0.313 e. The van der Waals surface area contributed by atoms with E-state index in [0.717, 1.165) is 6.07 Å². The first-order valence-corrected chi connectivity index (χ1v) is 12.3. The van der Waals surface area contributed by atoms with Gasteiger partial charge in [-0.3, -0.25) is 19.2 Å². The average Bonchev–Trinajstić information content (AvgIpc) is 2.91. The molecule has 0 fully saturated rings. The Balaban J connectivity index is 0.00000254. The number of nitrogens with one attached hydrogen (secondary N) is 3. The summed E-state index contributed by atoms with van der Waals surface area (Å²) in [5.41, 5.74) is 5.14. The molecule has 0 spiro atoms. The molecule has 9 nitrogen and oxygen atoms in total. The molecule has 2 aromatic carbocycles. The normalized spacial score (nSPS) is 11.0. The van der Waals surface area contributed by atoms with Crippen molar-refractivity contribution in [2.45, 2.75) is 45.6 Å². The van der Waals surface area contributed by atoms with Crippen LogP contribution in [0.1, 0.15) is 39.5 Å². The third-order valence-electron chi connectivity index (χ3n) is 4.84. The van der Waals surface area contributed by atoms with Gasteiger partial charge in [-0.1, -0.05) is 32.4 Å². The number of hydrogen-bond acceptors (Lipinski definition) is 6. The van der Waals surface area contributed by atoms with Gasteiger partial charge in [0.25, 0.3) is 0 Å². The van der Waals surface area contributed by atoms with Gasteiger partial charge in [-0.15, -0.1) is 0 Å². The zero-order valence-electron chi connectivity index (χ0n) is 21.9. The second-order valence-electron chi connectivity index (χ2n) is 8.28. The molecule has 5 N–H and O–H groups in total. The summed E-state index contributed by atoms with van der Waals surface area (Å²) < 4.78 is 72.4. The molecule has 2 aromatic rings. The number of carbonyl (C=O) groups is 4. The number of benzene rings is 2. The first-order chi connectivity index (χ1) is 19.0. The summed E-state index contributed by atoms with van der Waals surface area (Å²) in [7, 11) is 0. The molecule has 0 aliphatic heterocycles. The fraction of sp³-hybridized carbons (Fsp3) is 0.385. The van der Waals surface area contributed by atoms with Gasteiger partial charge in [-0.2, -0.15) is 8.78 Å². The number of rotatable bonds is 12. The Kier molecular flexibility index (Phi) is 14.9. The number of anilines is 1. The molecule has 14 heteroatoms. The zero-order chi connectivity index (χ0) is 30.2. The van der Waals surface area contributed by atoms with Gasteiger partial charge in [0.05, 0.1) is 18.3 Å². The van der Waals surface area contributed by atoms with Gasteiger partial charge >= 0.3 is 11.8 Å². The first-order valence-electron chi connectivity index (χ1n) is 12.3. The van der Waals surface area contributed by atoms with Crippen LogP contribution in [0.2, 0.25) is 0 Å². The van der Waals surface area contributed by atoms with Gasteiger partial charge in [0.2, 0.25) is 17.5 Å². The summed E-state index contributed by atoms with van der Waals surface area (Å²) in [4.78, 5) is 48.6. The van der Waals surface area contributed by atoms with Crippen molar-refractivity contribution in [2.75, 3.05) is 25.0 Å². The first kappa shape index (κ1) is 34.0. The molecule has 2 rings (SSSR count). The summed E-state index contributed by atoms with van der Waals surface area (Å²) in [6.07, 6.45) is 2.04. The molecule has 0 saturated carbocycles. The highest BCUT2D eigenvalue weighted by Crippen LogP contribution is 2.26. The maximum Gasteiger partial charge on any atom is 0.313 e. The van der Waals surface area contributed by atoms with E-state index in [2.05, 4.69) is 23.9 Å². The van der Waals surface area contributed by atoms with Gasteiger partial charge in [-0.25, -0.2) is 13.2 Å². The van der Waals surface area contributed by atoms with E-state index in [1.165, 1.54) is 24.6 Å². The third kappa shape index (κ3) is 11.0. The van der Waals surface area contributed by atoms with Crippen molar-refractivity contribution in [3.8, 4) is 5.75 Å². The minimum atomic E-state index is -1.84. The molecular formula is C26H31F5N4O5. The van der Waals surface area contributed by atoms with Gasteiger partial charge in [0, 0.05) is 6.07 Å². The number of para-hydroxylation sites is 1. The third-order valence-corrected chi connectivity index (χ3v) is 4.84. The number of carbonyl (C=O) groups excluding carboxylic acids is 4. The summed E-state index contributed by atoms with van der Waals surface area (Å²) in [5, 5.41) is 6.28. The van der Waals surface area contributed by atoms with Crippen molar-refractivity contribution in [1.82, 2.24) is 10.6 Å². The molecule has 0 aliphatic carbocycles. The molecule has 220 valence electrons. The molecule has 0 radical (unpaired) electrons. The van der Waals surface area contributed by atoms with E-state index < -0.39 is 77.5 Å². The quantitative estimate of drug-likeness (QED) is 0.133. The second-order valence-corrected chi connectivity index (χ2v) is 8.28. The van der Waals surface area contributed by atoms with E-state index >= 15 is 0 Å². The Hall–Kier alpha value is -4.07. The van der Waals surface area contributed by atoms with Crippen molar-refractivity contribution in [1.29, 1.82) is 0 Å². The highest BCUT2D eigenvalue weighted by molar-refractivity contribution is 6.39. The lowest BCUT2D eigenvalue weighted by atomic mass is 10.1. The topological polar surface area (TPSA) is 140 Å². The number of nitrogens with two attached hydrogens (primary N) is 1. The molecule has 3 amide bonds. The summed E-state index contributed by atoms with van der Waals surface area (Å²) >= 11 is 0. The van der Waals surface area contributed by atoms with Crippen LogP contribution < -0.4 is 26.4 Å². The molecular weight excluding hydrogens is 543 g/mol. The van der Waals surface area contributed by atoms with Gasteiger partial charge in [-0.05, 0) is 37.9 Å². The molecule has 1 unspecified atom stereocenters. The fourth-order valence-electron chi connectivity index (χ4n) is 2.96. The highest BCUT2D eigenvalue weighted by Gasteiger charge is 2.25. The molecule has 0 aromatic heterocycles. The van der Waals surface area contributed by atoms with E-state index in [-0.39, 0.29) is 24.7 Å². The maximum atomic E-state index is 13.8. The molecule has 0 saturated heterocycles. The van der Waals surface area contributed by atoms with Crippen LogP contribution in [0, 0.1) is 29.1 Å². The van der Waals surface area contributed by atoms with Crippen LogP contribution in [-0.4, -0.2) is 49.2 Å². The van der Waals surface area contributed by atoms with Crippen LogP contribution in [0.15, 0.2) is 30.3 Å². The Morgan fingerprint density at radius 1 is 0.900 bits per heavy atom. The minimum Gasteiger partial charge on any atom is -0.479 e. The standard InChI is InChI=1S/C23H23F5N4O5.C3H8/c24-12-5-1-2-6-15(12)32-23(36)22(35)30-10-18(34)31-16(7-3-4-8-29)17(33)11-37-21-19(27)13(25)9-14(26)20(21)28;1-3-2/h1-2,5-6,9,16H,3-4,7-8,10-11,29H2,(H,30,35)(H,31,34)(H,32,36);3H2,1-2H3. The molecule has 40 heavy (non-hydrogen) atoms. The van der Waals surface area contributed by atoms with Crippen LogP contribution in [0.25, 0.3) is 0 Å². The number of amides is 3. The summed E-state index contributed by atoms with van der Waals surface area (Å²) in [6.45, 7) is 2.70.